The molecule has 110 valence electrons. The lowest BCUT2D eigenvalue weighted by atomic mass is 10.1. The van der Waals surface area contributed by atoms with Gasteiger partial charge < -0.3 is 20.1 Å². The summed E-state index contributed by atoms with van der Waals surface area (Å²) in [5.41, 5.74) is 6.53. The zero-order chi connectivity index (χ0) is 14.5. The van der Waals surface area contributed by atoms with Gasteiger partial charge in [0.2, 0.25) is 0 Å². The van der Waals surface area contributed by atoms with Crippen LogP contribution in [0.5, 0.6) is 11.5 Å². The van der Waals surface area contributed by atoms with Gasteiger partial charge in [-0.3, -0.25) is 4.79 Å². The highest BCUT2D eigenvalue weighted by molar-refractivity contribution is 5.95. The van der Waals surface area contributed by atoms with Crippen LogP contribution in [-0.4, -0.2) is 43.7 Å². The highest BCUT2D eigenvalue weighted by atomic mass is 16.5. The van der Waals surface area contributed by atoms with Crippen molar-refractivity contribution in [2.24, 2.45) is 5.73 Å². The van der Waals surface area contributed by atoms with Crippen molar-refractivity contribution in [2.45, 2.75) is 25.8 Å². The maximum Gasteiger partial charge on any atom is 0.254 e. The van der Waals surface area contributed by atoms with Crippen molar-refractivity contribution in [3.05, 3.63) is 23.8 Å². The second-order valence-corrected chi connectivity index (χ2v) is 4.95. The molecular weight excluding hydrogens is 256 g/mol. The van der Waals surface area contributed by atoms with Crippen LogP contribution in [0.1, 0.15) is 30.1 Å². The third kappa shape index (κ3) is 3.22. The van der Waals surface area contributed by atoms with Crippen LogP contribution in [0.2, 0.25) is 0 Å². The van der Waals surface area contributed by atoms with E-state index in [2.05, 4.69) is 0 Å². The summed E-state index contributed by atoms with van der Waals surface area (Å²) in [6.45, 7) is 3.86. The Hall–Kier alpha value is -1.75. The Morgan fingerprint density at radius 1 is 1.45 bits per heavy atom. The largest absolute Gasteiger partial charge is 0.493 e. The van der Waals surface area contributed by atoms with Crippen molar-refractivity contribution >= 4 is 5.91 Å². The van der Waals surface area contributed by atoms with Gasteiger partial charge in [0.25, 0.3) is 5.91 Å². The molecule has 1 fully saturated rings. The van der Waals surface area contributed by atoms with Crippen LogP contribution in [-0.2, 0) is 0 Å². The monoisotopic (exact) mass is 278 g/mol. The number of benzene rings is 1. The van der Waals surface area contributed by atoms with Gasteiger partial charge in [0.05, 0.1) is 13.7 Å². The molecule has 5 nitrogen and oxygen atoms in total. The minimum absolute atomic E-state index is 0.00139. The average Bonchev–Trinajstić information content (AvgIpc) is 2.47. The topological polar surface area (TPSA) is 64.8 Å². The Labute approximate surface area is 119 Å². The lowest BCUT2D eigenvalue weighted by Gasteiger charge is -2.31. The first-order valence-corrected chi connectivity index (χ1v) is 7.01. The average molecular weight is 278 g/mol. The van der Waals surface area contributed by atoms with Gasteiger partial charge >= 0.3 is 0 Å². The maximum absolute atomic E-state index is 12.5. The molecule has 0 bridgehead atoms. The first-order chi connectivity index (χ1) is 9.65. The Morgan fingerprint density at radius 2 is 2.25 bits per heavy atom. The fraction of sp³-hybridized carbons (Fsp3) is 0.533. The summed E-state index contributed by atoms with van der Waals surface area (Å²) >= 11 is 0. The molecule has 5 heteroatoms. The number of nitrogens with zero attached hydrogens (tertiary/aromatic N) is 1. The first-order valence-electron chi connectivity index (χ1n) is 7.01. The molecule has 1 amide bonds. The van der Waals surface area contributed by atoms with Crippen molar-refractivity contribution in [3.63, 3.8) is 0 Å². The van der Waals surface area contributed by atoms with Gasteiger partial charge in [-0.05, 0) is 38.0 Å². The molecular formula is C15H22N2O3. The molecule has 1 atom stereocenters. The van der Waals surface area contributed by atoms with Gasteiger partial charge in [-0.25, -0.2) is 0 Å². The van der Waals surface area contributed by atoms with Gasteiger partial charge in [0, 0.05) is 24.7 Å². The number of hydrogen-bond acceptors (Lipinski definition) is 4. The Kier molecular flexibility index (Phi) is 4.84. The van der Waals surface area contributed by atoms with Gasteiger partial charge in [-0.2, -0.15) is 0 Å². The maximum atomic E-state index is 12.5. The van der Waals surface area contributed by atoms with Gasteiger partial charge in [-0.1, -0.05) is 0 Å². The summed E-state index contributed by atoms with van der Waals surface area (Å²) in [7, 11) is 1.57. The Balaban J connectivity index is 2.17. The van der Waals surface area contributed by atoms with Crippen LogP contribution in [0.15, 0.2) is 18.2 Å². The molecule has 1 heterocycles. The predicted octanol–water partition coefficient (Wildman–Crippen LogP) is 1.66. The molecule has 0 saturated carbocycles. The first kappa shape index (κ1) is 14.7. The molecule has 1 aromatic rings. The molecule has 20 heavy (non-hydrogen) atoms. The second kappa shape index (κ2) is 6.61. The molecule has 1 unspecified atom stereocenters. The van der Waals surface area contributed by atoms with E-state index in [0.29, 0.717) is 30.2 Å². The summed E-state index contributed by atoms with van der Waals surface area (Å²) in [4.78, 5) is 14.3. The molecule has 0 aromatic heterocycles. The predicted molar refractivity (Wildman–Crippen MR) is 77.3 cm³/mol. The van der Waals surface area contributed by atoms with Crippen molar-refractivity contribution in [2.75, 3.05) is 26.8 Å². The summed E-state index contributed by atoms with van der Waals surface area (Å²) in [5.74, 6) is 1.24. The lowest BCUT2D eigenvalue weighted by Crippen LogP contribution is -2.45. The van der Waals surface area contributed by atoms with E-state index in [0.717, 1.165) is 19.4 Å². The summed E-state index contributed by atoms with van der Waals surface area (Å²) in [6, 6.07) is 5.36. The number of rotatable bonds is 4. The Bertz CT molecular complexity index is 476. The molecule has 1 aliphatic heterocycles. The number of likely N-dealkylation sites (tertiary alicyclic amines) is 1. The summed E-state index contributed by atoms with van der Waals surface area (Å²) in [6.07, 6.45) is 1.94. The number of hydrogen-bond donors (Lipinski definition) is 1. The van der Waals surface area contributed by atoms with E-state index < -0.39 is 0 Å². The van der Waals surface area contributed by atoms with E-state index in [1.807, 2.05) is 11.8 Å². The normalized spacial score (nSPS) is 18.8. The minimum Gasteiger partial charge on any atom is -0.493 e. The van der Waals surface area contributed by atoms with Crippen LogP contribution in [0.3, 0.4) is 0 Å². The highest BCUT2D eigenvalue weighted by Gasteiger charge is 2.23. The molecule has 1 saturated heterocycles. The minimum atomic E-state index is 0.00139. The summed E-state index contributed by atoms with van der Waals surface area (Å²) in [5, 5.41) is 0. The third-order valence-corrected chi connectivity index (χ3v) is 3.46. The highest BCUT2D eigenvalue weighted by Crippen LogP contribution is 2.28. The molecule has 0 radical (unpaired) electrons. The van der Waals surface area contributed by atoms with E-state index in [9.17, 15) is 4.79 Å². The quantitative estimate of drug-likeness (QED) is 0.909. The Morgan fingerprint density at radius 3 is 2.90 bits per heavy atom. The second-order valence-electron chi connectivity index (χ2n) is 4.95. The van der Waals surface area contributed by atoms with Crippen molar-refractivity contribution in [1.29, 1.82) is 0 Å². The number of carbonyl (C=O) groups is 1. The number of methoxy groups -OCH3 is 1. The number of nitrogens with two attached hydrogens (primary N) is 1. The number of piperidine rings is 1. The van der Waals surface area contributed by atoms with E-state index in [-0.39, 0.29) is 11.9 Å². The van der Waals surface area contributed by atoms with Crippen LogP contribution >= 0.6 is 0 Å². The van der Waals surface area contributed by atoms with E-state index in [1.165, 1.54) is 0 Å². The smallest absolute Gasteiger partial charge is 0.254 e. The van der Waals surface area contributed by atoms with Crippen LogP contribution in [0.25, 0.3) is 0 Å². The number of ether oxygens (including phenoxy) is 2. The van der Waals surface area contributed by atoms with Gasteiger partial charge in [-0.15, -0.1) is 0 Å². The molecule has 2 rings (SSSR count). The van der Waals surface area contributed by atoms with Gasteiger partial charge in [0.15, 0.2) is 11.5 Å². The molecule has 1 aliphatic rings. The molecule has 1 aromatic carbocycles. The van der Waals surface area contributed by atoms with Gasteiger partial charge in [0.1, 0.15) is 0 Å². The zero-order valence-corrected chi connectivity index (χ0v) is 12.1. The fourth-order valence-electron chi connectivity index (χ4n) is 2.45. The van der Waals surface area contributed by atoms with Crippen molar-refractivity contribution in [1.82, 2.24) is 4.90 Å². The van der Waals surface area contributed by atoms with Crippen molar-refractivity contribution < 1.29 is 14.3 Å². The molecule has 2 N–H and O–H groups in total. The van der Waals surface area contributed by atoms with Crippen LogP contribution in [0.4, 0.5) is 0 Å². The number of amides is 1. The molecule has 0 spiro atoms. The standard InChI is InChI=1S/C15H22N2O3/c1-3-20-13-7-6-11(9-14(13)19-2)15(18)17-8-4-5-12(16)10-17/h6-7,9,12H,3-5,8,10,16H2,1-2H3. The van der Waals surface area contributed by atoms with Crippen molar-refractivity contribution in [3.8, 4) is 11.5 Å². The molecule has 0 aliphatic carbocycles. The fourth-order valence-corrected chi connectivity index (χ4v) is 2.45. The zero-order valence-electron chi connectivity index (χ0n) is 12.1. The van der Waals surface area contributed by atoms with E-state index >= 15 is 0 Å². The van der Waals surface area contributed by atoms with Crippen LogP contribution < -0.4 is 15.2 Å². The summed E-state index contributed by atoms with van der Waals surface area (Å²) < 4.78 is 10.7. The number of carbonyl (C=O) groups excluding carboxylic acids is 1. The SMILES string of the molecule is CCOc1ccc(C(=O)N2CCCC(N)C2)cc1OC. The van der Waals surface area contributed by atoms with E-state index in [4.69, 9.17) is 15.2 Å². The van der Waals surface area contributed by atoms with Crippen LogP contribution in [0, 0.1) is 0 Å². The lowest BCUT2D eigenvalue weighted by molar-refractivity contribution is 0.0708. The van der Waals surface area contributed by atoms with E-state index in [1.54, 1.807) is 25.3 Å². The third-order valence-electron chi connectivity index (χ3n) is 3.46.